The molecule has 3 heterocycles. The Morgan fingerprint density at radius 1 is 1.09 bits per heavy atom. The topological polar surface area (TPSA) is 93.0 Å². The lowest BCUT2D eigenvalue weighted by molar-refractivity contribution is -0.131. The predicted octanol–water partition coefficient (Wildman–Crippen LogP) is 2.78. The molecule has 1 fully saturated rings. The zero-order chi connectivity index (χ0) is 22.5. The van der Waals surface area contributed by atoms with Crippen LogP contribution in [0.1, 0.15) is 24.0 Å². The van der Waals surface area contributed by atoms with Gasteiger partial charge in [-0.15, -0.1) is 10.2 Å². The molecular weight excluding hydrogens is 424 g/mol. The highest BCUT2D eigenvalue weighted by Crippen LogP contribution is 2.29. The molecule has 8 nitrogen and oxygen atoms in total. The zero-order valence-electron chi connectivity index (χ0n) is 18.2. The number of rotatable bonds is 7. The van der Waals surface area contributed by atoms with Crippen LogP contribution in [0.5, 0.6) is 0 Å². The zero-order valence-corrected chi connectivity index (χ0v) is 19.1. The molecular formula is C23H26N6O2S. The number of aryl methyl sites for hydroxylation is 2. The summed E-state index contributed by atoms with van der Waals surface area (Å²) in [6.07, 6.45) is 3.78. The number of benzene rings is 1. The number of thioether (sulfide) groups is 1. The lowest BCUT2D eigenvalue weighted by Gasteiger charge is -2.15. The number of carbonyl (C=O) groups excluding carboxylic acids is 2. The van der Waals surface area contributed by atoms with Gasteiger partial charge in [0.2, 0.25) is 11.8 Å². The fourth-order valence-corrected chi connectivity index (χ4v) is 4.51. The van der Waals surface area contributed by atoms with Crippen molar-refractivity contribution >= 4 is 23.6 Å². The number of hydrogen-bond donors (Lipinski definition) is 1. The van der Waals surface area contributed by atoms with E-state index in [2.05, 4.69) is 26.6 Å². The van der Waals surface area contributed by atoms with Crippen LogP contribution in [-0.2, 0) is 9.59 Å². The first kappa shape index (κ1) is 22.0. The molecule has 3 aromatic rings. The Morgan fingerprint density at radius 2 is 1.91 bits per heavy atom. The molecule has 1 aliphatic heterocycles. The summed E-state index contributed by atoms with van der Waals surface area (Å²) in [4.78, 5) is 30.8. The lowest BCUT2D eigenvalue weighted by atomic mass is 10.1. The molecule has 1 saturated heterocycles. The summed E-state index contributed by atoms with van der Waals surface area (Å²) in [6.45, 7) is 5.67. The normalized spacial score (nSPS) is 13.4. The van der Waals surface area contributed by atoms with Crippen LogP contribution in [0.15, 0.2) is 47.8 Å². The van der Waals surface area contributed by atoms with E-state index < -0.39 is 0 Å². The van der Waals surface area contributed by atoms with Crippen molar-refractivity contribution in [3.63, 3.8) is 0 Å². The first-order valence-electron chi connectivity index (χ1n) is 10.6. The smallest absolute Gasteiger partial charge is 0.241 e. The van der Waals surface area contributed by atoms with Crippen molar-refractivity contribution in [3.8, 4) is 17.2 Å². The predicted molar refractivity (Wildman–Crippen MR) is 124 cm³/mol. The van der Waals surface area contributed by atoms with Crippen LogP contribution in [0.4, 0.5) is 0 Å². The van der Waals surface area contributed by atoms with Gasteiger partial charge in [0.1, 0.15) is 5.69 Å². The molecule has 0 radical (unpaired) electrons. The summed E-state index contributed by atoms with van der Waals surface area (Å²) in [5.74, 6) is 0.511. The summed E-state index contributed by atoms with van der Waals surface area (Å²) in [6, 6.07) is 11.8. The van der Waals surface area contributed by atoms with Crippen LogP contribution in [0.25, 0.3) is 17.2 Å². The molecule has 2 amide bonds. The molecule has 0 unspecified atom stereocenters. The van der Waals surface area contributed by atoms with Crippen LogP contribution in [-0.4, -0.2) is 61.8 Å². The van der Waals surface area contributed by atoms with E-state index in [1.807, 2.05) is 48.7 Å². The number of aromatic nitrogens is 4. The van der Waals surface area contributed by atoms with Gasteiger partial charge in [0.15, 0.2) is 11.0 Å². The highest BCUT2D eigenvalue weighted by atomic mass is 32.2. The Kier molecular flexibility index (Phi) is 6.84. The third kappa shape index (κ3) is 4.99. The number of nitrogens with zero attached hydrogens (tertiary/aromatic N) is 5. The van der Waals surface area contributed by atoms with E-state index in [-0.39, 0.29) is 24.1 Å². The van der Waals surface area contributed by atoms with Gasteiger partial charge in [-0.3, -0.25) is 19.1 Å². The third-order valence-corrected chi connectivity index (χ3v) is 6.28. The Bertz CT molecular complexity index is 1110. The maximum atomic E-state index is 12.4. The summed E-state index contributed by atoms with van der Waals surface area (Å²) in [5, 5.41) is 12.0. The minimum Gasteiger partial charge on any atom is -0.346 e. The van der Waals surface area contributed by atoms with Crippen molar-refractivity contribution in [3.05, 3.63) is 53.7 Å². The Hall–Kier alpha value is -3.20. The van der Waals surface area contributed by atoms with E-state index in [9.17, 15) is 9.59 Å². The van der Waals surface area contributed by atoms with Crippen LogP contribution in [0.2, 0.25) is 0 Å². The maximum absolute atomic E-state index is 12.4. The first-order valence-corrected chi connectivity index (χ1v) is 11.6. The van der Waals surface area contributed by atoms with Gasteiger partial charge in [0.25, 0.3) is 0 Å². The van der Waals surface area contributed by atoms with Crippen LogP contribution >= 0.6 is 11.8 Å². The molecule has 0 spiro atoms. The van der Waals surface area contributed by atoms with Crippen LogP contribution < -0.4 is 5.32 Å². The number of hydrogen-bond acceptors (Lipinski definition) is 6. The van der Waals surface area contributed by atoms with Crippen LogP contribution in [0.3, 0.4) is 0 Å². The van der Waals surface area contributed by atoms with E-state index in [1.54, 1.807) is 11.1 Å². The number of pyridine rings is 1. The second-order valence-electron chi connectivity index (χ2n) is 7.80. The van der Waals surface area contributed by atoms with Crippen molar-refractivity contribution in [2.75, 3.05) is 25.4 Å². The molecule has 32 heavy (non-hydrogen) atoms. The molecule has 0 aliphatic carbocycles. The molecule has 1 aromatic carbocycles. The second kappa shape index (κ2) is 9.95. The van der Waals surface area contributed by atoms with Crippen molar-refractivity contribution < 1.29 is 9.59 Å². The van der Waals surface area contributed by atoms with Gasteiger partial charge in [0, 0.05) is 19.3 Å². The highest BCUT2D eigenvalue weighted by Gasteiger charge is 2.21. The average molecular weight is 451 g/mol. The molecule has 0 atom stereocenters. The van der Waals surface area contributed by atoms with Crippen LogP contribution in [0, 0.1) is 13.8 Å². The SMILES string of the molecule is Cc1ccc(-n2c(SCC(=O)NCC(=O)N3CCCC3)nnc2-c2ccccn2)c(C)c1. The third-order valence-electron chi connectivity index (χ3n) is 5.35. The van der Waals surface area contributed by atoms with E-state index >= 15 is 0 Å². The van der Waals surface area contributed by atoms with Crippen molar-refractivity contribution in [1.82, 2.24) is 30.0 Å². The second-order valence-corrected chi connectivity index (χ2v) is 8.74. The average Bonchev–Trinajstić information content (AvgIpc) is 3.47. The van der Waals surface area contributed by atoms with Gasteiger partial charge in [-0.1, -0.05) is 35.5 Å². The Labute approximate surface area is 191 Å². The largest absolute Gasteiger partial charge is 0.346 e. The molecule has 0 bridgehead atoms. The Balaban J connectivity index is 1.51. The minimum atomic E-state index is -0.211. The standard InChI is InChI=1S/C23H26N6O2S/c1-16-8-9-19(17(2)13-16)29-22(18-7-3-4-10-24-18)26-27-23(29)32-15-20(30)25-14-21(31)28-11-5-6-12-28/h3-4,7-10,13H,5-6,11-12,14-15H2,1-2H3,(H,25,30). The van der Waals surface area contributed by atoms with Gasteiger partial charge in [-0.25, -0.2) is 0 Å². The highest BCUT2D eigenvalue weighted by molar-refractivity contribution is 7.99. The van der Waals surface area contributed by atoms with E-state index in [1.165, 1.54) is 11.8 Å². The minimum absolute atomic E-state index is 0.0301. The van der Waals surface area contributed by atoms with Crippen molar-refractivity contribution in [2.45, 2.75) is 31.8 Å². The van der Waals surface area contributed by atoms with Gasteiger partial charge in [0.05, 0.1) is 18.0 Å². The first-order chi connectivity index (χ1) is 15.5. The van der Waals surface area contributed by atoms with Gasteiger partial charge in [-0.2, -0.15) is 0 Å². The molecule has 0 saturated carbocycles. The number of likely N-dealkylation sites (tertiary alicyclic amines) is 1. The monoisotopic (exact) mass is 450 g/mol. The lowest BCUT2D eigenvalue weighted by Crippen LogP contribution is -2.39. The molecule has 9 heteroatoms. The summed E-state index contributed by atoms with van der Waals surface area (Å²) >= 11 is 1.29. The molecule has 166 valence electrons. The van der Waals surface area contributed by atoms with Gasteiger partial charge in [-0.05, 0) is 50.5 Å². The van der Waals surface area contributed by atoms with Crippen molar-refractivity contribution in [1.29, 1.82) is 0 Å². The molecule has 1 aliphatic rings. The molecule has 1 N–H and O–H groups in total. The number of carbonyl (C=O) groups is 2. The molecule has 4 rings (SSSR count). The maximum Gasteiger partial charge on any atom is 0.241 e. The number of amides is 2. The van der Waals surface area contributed by atoms with E-state index in [4.69, 9.17) is 0 Å². The van der Waals surface area contributed by atoms with Gasteiger partial charge >= 0.3 is 0 Å². The fourth-order valence-electron chi connectivity index (χ4n) is 3.73. The number of nitrogens with one attached hydrogen (secondary N) is 1. The van der Waals surface area contributed by atoms with Crippen molar-refractivity contribution in [2.24, 2.45) is 0 Å². The summed E-state index contributed by atoms with van der Waals surface area (Å²) in [7, 11) is 0. The van der Waals surface area contributed by atoms with E-state index in [0.717, 1.165) is 42.7 Å². The summed E-state index contributed by atoms with van der Waals surface area (Å²) < 4.78 is 1.93. The van der Waals surface area contributed by atoms with Gasteiger partial charge < -0.3 is 10.2 Å². The fraction of sp³-hybridized carbons (Fsp3) is 0.348. The quantitative estimate of drug-likeness (QED) is 0.557. The Morgan fingerprint density at radius 3 is 2.62 bits per heavy atom. The summed E-state index contributed by atoms with van der Waals surface area (Å²) in [5.41, 5.74) is 3.88. The molecule has 2 aromatic heterocycles. The van der Waals surface area contributed by atoms with E-state index in [0.29, 0.717) is 16.7 Å².